The summed E-state index contributed by atoms with van der Waals surface area (Å²) in [5.41, 5.74) is 2.18. The lowest BCUT2D eigenvalue weighted by Gasteiger charge is -2.37. The van der Waals surface area contributed by atoms with Crippen LogP contribution in [-0.4, -0.2) is 68.2 Å². The van der Waals surface area contributed by atoms with Gasteiger partial charge in [0.25, 0.3) is 0 Å². The van der Waals surface area contributed by atoms with E-state index in [0.29, 0.717) is 31.2 Å². The van der Waals surface area contributed by atoms with Gasteiger partial charge in [-0.15, -0.1) is 0 Å². The number of carbonyl (C=O) groups is 1. The highest BCUT2D eigenvalue weighted by Crippen LogP contribution is 2.25. The van der Waals surface area contributed by atoms with E-state index in [1.165, 1.54) is 7.05 Å². The molecule has 134 valence electrons. The average Bonchev–Trinajstić information content (AvgIpc) is 2.49. The number of anilines is 1. The van der Waals surface area contributed by atoms with Crippen LogP contribution in [0.15, 0.2) is 18.2 Å². The van der Waals surface area contributed by atoms with Gasteiger partial charge >= 0.3 is 6.18 Å². The normalized spacial score (nSPS) is 16.3. The van der Waals surface area contributed by atoms with Crippen molar-refractivity contribution in [1.29, 1.82) is 0 Å². The number of alkyl halides is 3. The first-order valence-electron chi connectivity index (χ1n) is 7.70. The largest absolute Gasteiger partial charge is 0.406 e. The maximum atomic E-state index is 12.3. The van der Waals surface area contributed by atoms with Gasteiger partial charge in [-0.3, -0.25) is 9.69 Å². The van der Waals surface area contributed by atoms with Crippen LogP contribution in [0.1, 0.15) is 5.56 Å². The van der Waals surface area contributed by atoms with Gasteiger partial charge < -0.3 is 9.80 Å². The Morgan fingerprint density at radius 1 is 1.25 bits per heavy atom. The number of halogens is 4. The second-order valence-corrected chi connectivity index (χ2v) is 6.50. The summed E-state index contributed by atoms with van der Waals surface area (Å²) < 4.78 is 37.0. The van der Waals surface area contributed by atoms with Crippen LogP contribution in [0.2, 0.25) is 5.02 Å². The molecule has 1 heterocycles. The third kappa shape index (κ3) is 5.27. The van der Waals surface area contributed by atoms with Crippen LogP contribution in [0.25, 0.3) is 0 Å². The Labute approximate surface area is 144 Å². The second kappa shape index (κ2) is 7.61. The van der Waals surface area contributed by atoms with Crippen molar-refractivity contribution in [3.63, 3.8) is 0 Å². The van der Waals surface area contributed by atoms with Crippen molar-refractivity contribution in [1.82, 2.24) is 9.80 Å². The van der Waals surface area contributed by atoms with Crippen molar-refractivity contribution in [2.45, 2.75) is 13.1 Å². The fourth-order valence-corrected chi connectivity index (χ4v) is 2.91. The minimum atomic E-state index is -4.37. The molecule has 0 unspecified atom stereocenters. The molecule has 1 aliphatic rings. The lowest BCUT2D eigenvalue weighted by Crippen LogP contribution is -2.50. The second-order valence-electron chi connectivity index (χ2n) is 6.06. The Hall–Kier alpha value is -1.47. The fourth-order valence-electron chi connectivity index (χ4n) is 2.74. The van der Waals surface area contributed by atoms with Crippen LogP contribution < -0.4 is 4.90 Å². The summed E-state index contributed by atoms with van der Waals surface area (Å²) in [4.78, 5) is 16.7. The number of likely N-dealkylation sites (N-methyl/N-ethyl adjacent to an activating group) is 1. The van der Waals surface area contributed by atoms with E-state index >= 15 is 0 Å². The summed E-state index contributed by atoms with van der Waals surface area (Å²) in [6.07, 6.45) is -4.37. The van der Waals surface area contributed by atoms with E-state index in [1.54, 1.807) is 0 Å². The number of hydrogen-bond acceptors (Lipinski definition) is 3. The zero-order valence-corrected chi connectivity index (χ0v) is 14.5. The molecule has 0 saturated carbocycles. The van der Waals surface area contributed by atoms with Crippen LogP contribution in [0.5, 0.6) is 0 Å². The zero-order chi connectivity index (χ0) is 17.9. The molecule has 8 heteroatoms. The lowest BCUT2D eigenvalue weighted by molar-refractivity contribution is -0.159. The molecule has 0 spiro atoms. The Morgan fingerprint density at radius 2 is 1.88 bits per heavy atom. The van der Waals surface area contributed by atoms with Crippen LogP contribution in [0.4, 0.5) is 18.9 Å². The van der Waals surface area contributed by atoms with Gasteiger partial charge in [0.2, 0.25) is 5.91 Å². The van der Waals surface area contributed by atoms with E-state index in [9.17, 15) is 18.0 Å². The summed E-state index contributed by atoms with van der Waals surface area (Å²) in [6.45, 7) is 3.46. The molecule has 1 aromatic carbocycles. The van der Waals surface area contributed by atoms with Crippen LogP contribution >= 0.6 is 11.6 Å². The monoisotopic (exact) mass is 363 g/mol. The van der Waals surface area contributed by atoms with Crippen LogP contribution in [0.3, 0.4) is 0 Å². The van der Waals surface area contributed by atoms with Crippen LogP contribution in [0, 0.1) is 6.92 Å². The Balaban J connectivity index is 1.86. The molecule has 1 fully saturated rings. The highest BCUT2D eigenvalue weighted by Gasteiger charge is 2.31. The molecule has 0 aromatic heterocycles. The first kappa shape index (κ1) is 18.9. The molecule has 0 N–H and O–H groups in total. The highest BCUT2D eigenvalue weighted by atomic mass is 35.5. The number of piperazine rings is 1. The SMILES string of the molecule is Cc1ccc(Cl)cc1N1CCN(CC(=O)N(C)CC(F)(F)F)CC1. The van der Waals surface area contributed by atoms with E-state index < -0.39 is 18.6 Å². The fraction of sp³-hybridized carbons (Fsp3) is 0.562. The molecule has 24 heavy (non-hydrogen) atoms. The number of benzene rings is 1. The van der Waals surface area contributed by atoms with E-state index in [1.807, 2.05) is 30.0 Å². The number of hydrogen-bond donors (Lipinski definition) is 0. The molecular formula is C16H21ClF3N3O. The number of carbonyl (C=O) groups excluding carboxylic acids is 1. The van der Waals surface area contributed by atoms with Crippen molar-refractivity contribution in [2.24, 2.45) is 0 Å². The predicted molar refractivity (Wildman–Crippen MR) is 88.5 cm³/mol. The molecule has 0 atom stereocenters. The molecule has 0 aliphatic carbocycles. The Kier molecular flexibility index (Phi) is 5.98. The molecule has 0 radical (unpaired) electrons. The number of aryl methyl sites for hydroxylation is 1. The van der Waals surface area contributed by atoms with E-state index in [4.69, 9.17) is 11.6 Å². The number of amides is 1. The van der Waals surface area contributed by atoms with Crippen LogP contribution in [-0.2, 0) is 4.79 Å². The summed E-state index contributed by atoms with van der Waals surface area (Å²) in [6, 6.07) is 5.71. The Bertz CT molecular complexity index is 586. The number of rotatable bonds is 4. The van der Waals surface area contributed by atoms with E-state index in [0.717, 1.165) is 16.2 Å². The molecular weight excluding hydrogens is 343 g/mol. The molecule has 1 amide bonds. The van der Waals surface area contributed by atoms with Gasteiger partial charge in [0, 0.05) is 43.9 Å². The molecule has 4 nitrogen and oxygen atoms in total. The van der Waals surface area contributed by atoms with Gasteiger partial charge in [0.15, 0.2) is 0 Å². The zero-order valence-electron chi connectivity index (χ0n) is 13.7. The van der Waals surface area contributed by atoms with Gasteiger partial charge in [-0.2, -0.15) is 13.2 Å². The molecule has 1 aliphatic heterocycles. The standard InChI is InChI=1S/C16H21ClF3N3O/c1-12-3-4-13(17)9-14(12)23-7-5-22(6-8-23)10-15(24)21(2)11-16(18,19)20/h3-4,9H,5-8,10-11H2,1-2H3. The first-order chi connectivity index (χ1) is 11.2. The third-order valence-electron chi connectivity index (χ3n) is 4.09. The van der Waals surface area contributed by atoms with Crippen molar-refractivity contribution in [3.05, 3.63) is 28.8 Å². The van der Waals surface area contributed by atoms with Gasteiger partial charge in [-0.25, -0.2) is 0 Å². The molecule has 0 bridgehead atoms. The van der Waals surface area contributed by atoms with Crippen molar-refractivity contribution >= 4 is 23.2 Å². The van der Waals surface area contributed by atoms with Gasteiger partial charge in [-0.1, -0.05) is 17.7 Å². The predicted octanol–water partition coefficient (Wildman–Crippen LogP) is 2.79. The van der Waals surface area contributed by atoms with Crippen molar-refractivity contribution in [2.75, 3.05) is 51.2 Å². The van der Waals surface area contributed by atoms with E-state index in [2.05, 4.69) is 4.90 Å². The first-order valence-corrected chi connectivity index (χ1v) is 8.07. The summed E-state index contributed by atoms with van der Waals surface area (Å²) in [5, 5.41) is 0.669. The topological polar surface area (TPSA) is 26.8 Å². The smallest absolute Gasteiger partial charge is 0.369 e. The van der Waals surface area contributed by atoms with Gasteiger partial charge in [0.1, 0.15) is 6.54 Å². The summed E-state index contributed by atoms with van der Waals surface area (Å²) >= 11 is 6.04. The van der Waals surface area contributed by atoms with Crippen molar-refractivity contribution in [3.8, 4) is 0 Å². The maximum absolute atomic E-state index is 12.3. The van der Waals surface area contributed by atoms with Gasteiger partial charge in [0.05, 0.1) is 6.54 Å². The number of nitrogens with zero attached hydrogens (tertiary/aromatic N) is 3. The molecule has 2 rings (SSSR count). The summed E-state index contributed by atoms with van der Waals surface area (Å²) in [7, 11) is 1.18. The molecule has 1 saturated heterocycles. The van der Waals surface area contributed by atoms with Crippen molar-refractivity contribution < 1.29 is 18.0 Å². The lowest BCUT2D eigenvalue weighted by atomic mass is 10.1. The third-order valence-corrected chi connectivity index (χ3v) is 4.32. The molecule has 1 aromatic rings. The minimum absolute atomic E-state index is 0.00888. The Morgan fingerprint density at radius 3 is 2.46 bits per heavy atom. The maximum Gasteiger partial charge on any atom is 0.406 e. The summed E-state index contributed by atoms with van der Waals surface area (Å²) in [5.74, 6) is -0.514. The minimum Gasteiger partial charge on any atom is -0.369 e. The van der Waals surface area contributed by atoms with Gasteiger partial charge in [-0.05, 0) is 24.6 Å². The quantitative estimate of drug-likeness (QED) is 0.823. The van der Waals surface area contributed by atoms with E-state index in [-0.39, 0.29) is 6.54 Å². The highest BCUT2D eigenvalue weighted by molar-refractivity contribution is 6.30. The average molecular weight is 364 g/mol.